The van der Waals surface area contributed by atoms with Crippen molar-refractivity contribution in [3.05, 3.63) is 39.7 Å². The average Bonchev–Trinajstić information content (AvgIpc) is 3.12. The summed E-state index contributed by atoms with van der Waals surface area (Å²) in [7, 11) is 0. The minimum atomic E-state index is -1.03. The Morgan fingerprint density at radius 3 is 2.78 bits per heavy atom. The summed E-state index contributed by atoms with van der Waals surface area (Å²) in [5.74, 6) is -1.03. The number of carbonyl (C=O) groups is 1. The first-order chi connectivity index (χ1) is 8.58. The first-order valence-corrected chi connectivity index (χ1v) is 5.69. The quantitative estimate of drug-likeness (QED) is 0.459. The highest BCUT2D eigenvalue weighted by atomic mass is 19.1. The second kappa shape index (κ2) is 5.12. The lowest BCUT2D eigenvalue weighted by molar-refractivity contribution is -0.387. The van der Waals surface area contributed by atoms with Gasteiger partial charge in [-0.25, -0.2) is 4.79 Å². The number of nitro benzene ring substituents is 1. The molecule has 1 aliphatic rings. The lowest BCUT2D eigenvalue weighted by Crippen LogP contribution is -2.07. The number of ether oxygens (including phenoxy) is 1. The van der Waals surface area contributed by atoms with E-state index >= 15 is 0 Å². The molecule has 6 heteroatoms. The van der Waals surface area contributed by atoms with E-state index in [2.05, 4.69) is 0 Å². The first-order valence-electron chi connectivity index (χ1n) is 5.69. The van der Waals surface area contributed by atoms with Crippen LogP contribution in [0, 0.1) is 21.8 Å². The van der Waals surface area contributed by atoms with Gasteiger partial charge in [0.15, 0.2) is 0 Å². The van der Waals surface area contributed by atoms with Gasteiger partial charge >= 0.3 is 11.7 Å². The topological polar surface area (TPSA) is 69.4 Å². The van der Waals surface area contributed by atoms with Crippen molar-refractivity contribution in [2.45, 2.75) is 19.3 Å². The Bertz CT molecular complexity index is 485. The van der Waals surface area contributed by atoms with E-state index in [-0.39, 0.29) is 5.56 Å². The molecule has 2 rings (SSSR count). The molecule has 1 saturated carbocycles. The van der Waals surface area contributed by atoms with Gasteiger partial charge in [0, 0.05) is 6.07 Å². The normalized spacial score (nSPS) is 14.3. The van der Waals surface area contributed by atoms with E-state index in [1.54, 1.807) is 0 Å². The molecule has 96 valence electrons. The van der Waals surface area contributed by atoms with Crippen LogP contribution in [0.15, 0.2) is 18.2 Å². The number of nitrogens with zero attached hydrogens (tertiary/aromatic N) is 1. The molecule has 5 nitrogen and oxygen atoms in total. The molecule has 0 bridgehead atoms. The van der Waals surface area contributed by atoms with Crippen LogP contribution in [0.3, 0.4) is 0 Å². The van der Waals surface area contributed by atoms with Crippen LogP contribution in [0.25, 0.3) is 0 Å². The van der Waals surface area contributed by atoms with Gasteiger partial charge in [-0.3, -0.25) is 10.1 Å². The third-order valence-electron chi connectivity index (χ3n) is 2.84. The number of hydrogen-bond acceptors (Lipinski definition) is 4. The Morgan fingerprint density at radius 1 is 1.50 bits per heavy atom. The molecule has 0 unspecified atom stereocenters. The molecule has 0 aliphatic heterocycles. The summed E-state index contributed by atoms with van der Waals surface area (Å²) in [5, 5.41) is 10.4. The summed E-state index contributed by atoms with van der Waals surface area (Å²) in [4.78, 5) is 21.1. The number of carbonyl (C=O) groups excluding carboxylic acids is 1. The van der Waals surface area contributed by atoms with E-state index < -0.39 is 22.4 Å². The van der Waals surface area contributed by atoms with Gasteiger partial charge in [-0.05, 0) is 24.5 Å². The zero-order chi connectivity index (χ0) is 13.1. The molecule has 1 aromatic rings. The number of esters is 1. The third-order valence-corrected chi connectivity index (χ3v) is 2.84. The summed E-state index contributed by atoms with van der Waals surface area (Å²) in [6.45, 7) is 0.308. The highest BCUT2D eigenvalue weighted by molar-refractivity contribution is 5.89. The van der Waals surface area contributed by atoms with Crippen molar-refractivity contribution in [1.82, 2.24) is 0 Å². The fourth-order valence-electron chi connectivity index (χ4n) is 1.59. The summed E-state index contributed by atoms with van der Waals surface area (Å²) in [6, 6.07) is 2.99. The molecule has 0 amide bonds. The van der Waals surface area contributed by atoms with Crippen LogP contribution < -0.4 is 0 Å². The molecule has 0 spiro atoms. The van der Waals surface area contributed by atoms with Crippen LogP contribution in [0.1, 0.15) is 29.6 Å². The smallest absolute Gasteiger partial charge is 0.338 e. The maximum atomic E-state index is 13.3. The van der Waals surface area contributed by atoms with E-state index in [1.807, 2.05) is 0 Å². The average molecular weight is 253 g/mol. The van der Waals surface area contributed by atoms with Crippen LogP contribution in [-0.2, 0) is 4.74 Å². The molecule has 0 radical (unpaired) electrons. The molecular weight excluding hydrogens is 241 g/mol. The van der Waals surface area contributed by atoms with Crippen molar-refractivity contribution in [3.63, 3.8) is 0 Å². The highest BCUT2D eigenvalue weighted by Crippen LogP contribution is 2.32. The number of nitro groups is 1. The van der Waals surface area contributed by atoms with Gasteiger partial charge in [-0.1, -0.05) is 12.8 Å². The van der Waals surface area contributed by atoms with E-state index in [1.165, 1.54) is 18.9 Å². The van der Waals surface area contributed by atoms with Gasteiger partial charge in [0.2, 0.25) is 5.82 Å². The maximum Gasteiger partial charge on any atom is 0.338 e. The fourth-order valence-corrected chi connectivity index (χ4v) is 1.59. The highest BCUT2D eigenvalue weighted by Gasteiger charge is 2.22. The molecule has 18 heavy (non-hydrogen) atoms. The molecule has 1 aliphatic carbocycles. The summed E-state index contributed by atoms with van der Waals surface area (Å²) in [5.41, 5.74) is -0.654. The van der Waals surface area contributed by atoms with Crippen molar-refractivity contribution in [3.8, 4) is 0 Å². The van der Waals surface area contributed by atoms with E-state index in [4.69, 9.17) is 4.74 Å². The predicted octanol–water partition coefficient (Wildman–Crippen LogP) is 2.69. The number of rotatable bonds is 5. The van der Waals surface area contributed by atoms with Gasteiger partial charge in [0.05, 0.1) is 17.1 Å². The van der Waals surface area contributed by atoms with E-state index in [0.29, 0.717) is 12.5 Å². The molecular formula is C12H12FNO4. The number of halogens is 1. The molecule has 1 aromatic carbocycles. The third kappa shape index (κ3) is 3.03. The zero-order valence-corrected chi connectivity index (χ0v) is 9.60. The SMILES string of the molecule is O=C(OCCC1CC1)c1ccc([N+](=O)[O-])c(F)c1. The van der Waals surface area contributed by atoms with Crippen LogP contribution in [0.2, 0.25) is 0 Å². The molecule has 1 fully saturated rings. The Morgan fingerprint density at radius 2 is 2.22 bits per heavy atom. The number of benzene rings is 1. The number of hydrogen-bond donors (Lipinski definition) is 0. The summed E-state index contributed by atoms with van der Waals surface area (Å²) >= 11 is 0. The van der Waals surface area contributed by atoms with E-state index in [0.717, 1.165) is 18.6 Å². The Kier molecular flexibility index (Phi) is 3.55. The van der Waals surface area contributed by atoms with Crippen molar-refractivity contribution in [2.24, 2.45) is 5.92 Å². The van der Waals surface area contributed by atoms with Crippen LogP contribution in [-0.4, -0.2) is 17.5 Å². The monoisotopic (exact) mass is 253 g/mol. The zero-order valence-electron chi connectivity index (χ0n) is 9.60. The maximum absolute atomic E-state index is 13.3. The lowest BCUT2D eigenvalue weighted by atomic mass is 10.2. The Hall–Kier alpha value is -1.98. The first kappa shape index (κ1) is 12.5. The lowest BCUT2D eigenvalue weighted by Gasteiger charge is -2.04. The van der Waals surface area contributed by atoms with Gasteiger partial charge in [-0.2, -0.15) is 4.39 Å². The largest absolute Gasteiger partial charge is 0.462 e. The summed E-state index contributed by atoms with van der Waals surface area (Å²) < 4.78 is 18.2. The molecule has 0 atom stereocenters. The second-order valence-electron chi connectivity index (χ2n) is 4.29. The second-order valence-corrected chi connectivity index (χ2v) is 4.29. The standard InChI is InChI=1S/C12H12FNO4/c13-10-7-9(3-4-11(10)14(16)17)12(15)18-6-5-8-1-2-8/h3-4,7-8H,1-2,5-6H2. The molecule has 0 heterocycles. The Labute approximate surface area is 103 Å². The van der Waals surface area contributed by atoms with Gasteiger partial charge in [-0.15, -0.1) is 0 Å². The van der Waals surface area contributed by atoms with Crippen molar-refractivity contribution >= 4 is 11.7 Å². The van der Waals surface area contributed by atoms with Gasteiger partial charge in [0.25, 0.3) is 0 Å². The van der Waals surface area contributed by atoms with E-state index in [9.17, 15) is 19.3 Å². The molecule has 0 saturated heterocycles. The van der Waals surface area contributed by atoms with Crippen LogP contribution in [0.4, 0.5) is 10.1 Å². The molecule has 0 N–H and O–H groups in total. The minimum absolute atomic E-state index is 0.00565. The molecule has 0 aromatic heterocycles. The fraction of sp³-hybridized carbons (Fsp3) is 0.417. The van der Waals surface area contributed by atoms with Crippen LogP contribution >= 0.6 is 0 Å². The van der Waals surface area contributed by atoms with Crippen LogP contribution in [0.5, 0.6) is 0 Å². The predicted molar refractivity (Wildman–Crippen MR) is 60.7 cm³/mol. The summed E-state index contributed by atoms with van der Waals surface area (Å²) in [6.07, 6.45) is 3.16. The van der Waals surface area contributed by atoms with Gasteiger partial charge in [0.1, 0.15) is 0 Å². The van der Waals surface area contributed by atoms with Crippen molar-refractivity contribution < 1.29 is 18.8 Å². The minimum Gasteiger partial charge on any atom is -0.462 e. The van der Waals surface area contributed by atoms with Gasteiger partial charge < -0.3 is 4.74 Å². The van der Waals surface area contributed by atoms with Crippen molar-refractivity contribution in [2.75, 3.05) is 6.61 Å². The Balaban J connectivity index is 1.96. The van der Waals surface area contributed by atoms with Crippen molar-refractivity contribution in [1.29, 1.82) is 0 Å².